The minimum absolute atomic E-state index is 0.129. The van der Waals surface area contributed by atoms with Crippen LogP contribution in [0.1, 0.15) is 43.0 Å². The SMILES string of the molecule is FC(F)(F)c1cccc(-n2ncc3ccc(-c4cccc(C5CCCC5)n4)cc32)n1. The van der Waals surface area contributed by atoms with Crippen molar-refractivity contribution < 1.29 is 13.2 Å². The number of aromatic nitrogens is 4. The third kappa shape index (κ3) is 3.44. The van der Waals surface area contributed by atoms with Crippen molar-refractivity contribution in [1.82, 2.24) is 19.7 Å². The Hall–Kier alpha value is -3.22. The molecule has 30 heavy (non-hydrogen) atoms. The average Bonchev–Trinajstić information content (AvgIpc) is 3.43. The molecule has 0 saturated heterocycles. The second-order valence-corrected chi connectivity index (χ2v) is 7.64. The minimum Gasteiger partial charge on any atom is -0.253 e. The van der Waals surface area contributed by atoms with Crippen LogP contribution in [0, 0.1) is 0 Å². The maximum atomic E-state index is 13.1. The van der Waals surface area contributed by atoms with Gasteiger partial charge in [-0.3, -0.25) is 4.98 Å². The van der Waals surface area contributed by atoms with E-state index in [1.165, 1.54) is 42.5 Å². The van der Waals surface area contributed by atoms with Crippen molar-refractivity contribution in [2.24, 2.45) is 0 Å². The Labute approximate surface area is 171 Å². The first-order chi connectivity index (χ1) is 14.5. The maximum Gasteiger partial charge on any atom is 0.433 e. The summed E-state index contributed by atoms with van der Waals surface area (Å²) < 4.78 is 40.7. The highest BCUT2D eigenvalue weighted by atomic mass is 19.4. The van der Waals surface area contributed by atoms with Gasteiger partial charge in [-0.1, -0.05) is 37.1 Å². The third-order valence-electron chi connectivity index (χ3n) is 5.65. The average molecular weight is 408 g/mol. The summed E-state index contributed by atoms with van der Waals surface area (Å²) in [5.41, 5.74) is 2.61. The molecule has 0 aliphatic heterocycles. The van der Waals surface area contributed by atoms with Crippen LogP contribution in [0.25, 0.3) is 28.0 Å². The van der Waals surface area contributed by atoms with Crippen LogP contribution in [0.3, 0.4) is 0 Å². The van der Waals surface area contributed by atoms with Crippen LogP contribution in [0.4, 0.5) is 13.2 Å². The molecule has 0 bridgehead atoms. The number of hydrogen-bond donors (Lipinski definition) is 0. The molecule has 1 aromatic carbocycles. The molecule has 5 rings (SSSR count). The highest BCUT2D eigenvalue weighted by Gasteiger charge is 2.32. The maximum absolute atomic E-state index is 13.1. The van der Waals surface area contributed by atoms with Crippen molar-refractivity contribution in [2.45, 2.75) is 37.8 Å². The largest absolute Gasteiger partial charge is 0.433 e. The number of halogens is 3. The van der Waals surface area contributed by atoms with Crippen LogP contribution < -0.4 is 0 Å². The second-order valence-electron chi connectivity index (χ2n) is 7.64. The summed E-state index contributed by atoms with van der Waals surface area (Å²) in [5.74, 6) is 0.637. The van der Waals surface area contributed by atoms with Crippen LogP contribution >= 0.6 is 0 Å². The van der Waals surface area contributed by atoms with Gasteiger partial charge >= 0.3 is 6.18 Å². The van der Waals surface area contributed by atoms with Crippen molar-refractivity contribution in [2.75, 3.05) is 0 Å². The quantitative estimate of drug-likeness (QED) is 0.408. The van der Waals surface area contributed by atoms with Gasteiger partial charge < -0.3 is 0 Å². The highest BCUT2D eigenvalue weighted by Crippen LogP contribution is 2.34. The molecule has 1 aliphatic rings. The molecule has 0 atom stereocenters. The van der Waals surface area contributed by atoms with E-state index in [4.69, 9.17) is 4.98 Å². The smallest absolute Gasteiger partial charge is 0.253 e. The summed E-state index contributed by atoms with van der Waals surface area (Å²) in [4.78, 5) is 8.64. The number of fused-ring (bicyclic) bond motifs is 1. The van der Waals surface area contributed by atoms with Gasteiger partial charge in [-0.2, -0.15) is 18.3 Å². The van der Waals surface area contributed by atoms with E-state index in [0.717, 1.165) is 28.4 Å². The molecule has 0 radical (unpaired) electrons. The van der Waals surface area contributed by atoms with Gasteiger partial charge in [-0.15, -0.1) is 0 Å². The van der Waals surface area contributed by atoms with E-state index in [-0.39, 0.29) is 5.82 Å². The Morgan fingerprint density at radius 2 is 1.70 bits per heavy atom. The molecule has 7 heteroatoms. The number of alkyl halides is 3. The van der Waals surface area contributed by atoms with E-state index in [1.807, 2.05) is 30.3 Å². The van der Waals surface area contributed by atoms with Gasteiger partial charge in [0.1, 0.15) is 5.69 Å². The Balaban J connectivity index is 1.57. The lowest BCUT2D eigenvalue weighted by Crippen LogP contribution is -2.10. The molecule has 0 spiro atoms. The van der Waals surface area contributed by atoms with Gasteiger partial charge in [0.15, 0.2) is 5.82 Å². The molecule has 0 unspecified atom stereocenters. The Kier molecular flexibility index (Phi) is 4.53. The van der Waals surface area contributed by atoms with Gasteiger partial charge in [0, 0.05) is 22.6 Å². The summed E-state index contributed by atoms with van der Waals surface area (Å²) in [6.07, 6.45) is 1.95. The highest BCUT2D eigenvalue weighted by molar-refractivity contribution is 5.84. The first kappa shape index (κ1) is 18.8. The zero-order valence-corrected chi connectivity index (χ0v) is 16.1. The van der Waals surface area contributed by atoms with E-state index in [1.54, 1.807) is 6.20 Å². The second kappa shape index (κ2) is 7.23. The molecule has 0 amide bonds. The zero-order chi connectivity index (χ0) is 20.7. The molecule has 1 saturated carbocycles. The Bertz CT molecular complexity index is 1210. The number of pyridine rings is 2. The normalized spacial score (nSPS) is 15.2. The predicted octanol–water partition coefficient (Wildman–Crippen LogP) is 6.16. The van der Waals surface area contributed by atoms with Crippen molar-refractivity contribution in [3.8, 4) is 17.1 Å². The van der Waals surface area contributed by atoms with Crippen LogP contribution in [-0.4, -0.2) is 19.7 Å². The topological polar surface area (TPSA) is 43.6 Å². The van der Waals surface area contributed by atoms with Crippen molar-refractivity contribution in [3.05, 3.63) is 72.2 Å². The summed E-state index contributed by atoms with van der Waals surface area (Å²) in [6, 6.07) is 15.7. The number of rotatable bonds is 3. The van der Waals surface area contributed by atoms with Crippen LogP contribution in [-0.2, 0) is 6.18 Å². The molecule has 3 heterocycles. The molecule has 0 N–H and O–H groups in total. The van der Waals surface area contributed by atoms with Gasteiger partial charge in [0.2, 0.25) is 0 Å². The van der Waals surface area contributed by atoms with Crippen molar-refractivity contribution >= 4 is 10.9 Å². The monoisotopic (exact) mass is 408 g/mol. The first-order valence-electron chi connectivity index (χ1n) is 9.99. The number of benzene rings is 1. The standard InChI is InChI=1S/C23H19F3N4/c24-23(25,26)21-9-4-10-22(29-21)30-20-13-16(11-12-17(20)14-27-30)19-8-3-7-18(28-19)15-5-1-2-6-15/h3-4,7-15H,1-2,5-6H2. The molecular weight excluding hydrogens is 389 g/mol. The molecule has 3 aromatic heterocycles. The van der Waals surface area contributed by atoms with E-state index < -0.39 is 11.9 Å². The fourth-order valence-corrected chi connectivity index (χ4v) is 4.12. The zero-order valence-electron chi connectivity index (χ0n) is 16.1. The van der Waals surface area contributed by atoms with E-state index in [9.17, 15) is 13.2 Å². The van der Waals surface area contributed by atoms with Gasteiger partial charge in [0.05, 0.1) is 17.4 Å². The third-order valence-corrected chi connectivity index (χ3v) is 5.65. The lowest BCUT2D eigenvalue weighted by molar-refractivity contribution is -0.141. The Morgan fingerprint density at radius 1 is 0.900 bits per heavy atom. The lowest BCUT2D eigenvalue weighted by Gasteiger charge is -2.11. The van der Waals surface area contributed by atoms with E-state index >= 15 is 0 Å². The molecule has 1 aliphatic carbocycles. The van der Waals surface area contributed by atoms with Crippen LogP contribution in [0.15, 0.2) is 60.8 Å². The minimum atomic E-state index is -4.51. The summed E-state index contributed by atoms with van der Waals surface area (Å²) >= 11 is 0. The molecule has 4 nitrogen and oxygen atoms in total. The van der Waals surface area contributed by atoms with E-state index in [0.29, 0.717) is 11.4 Å². The summed E-state index contributed by atoms with van der Waals surface area (Å²) in [7, 11) is 0. The molecular formula is C23H19F3N4. The lowest BCUT2D eigenvalue weighted by atomic mass is 10.0. The summed E-state index contributed by atoms with van der Waals surface area (Å²) in [5, 5.41) is 5.09. The van der Waals surface area contributed by atoms with E-state index in [2.05, 4.69) is 16.1 Å². The van der Waals surface area contributed by atoms with Gasteiger partial charge in [-0.05, 0) is 43.2 Å². The number of nitrogens with zero attached hydrogens (tertiary/aromatic N) is 4. The molecule has 4 aromatic rings. The van der Waals surface area contributed by atoms with Crippen molar-refractivity contribution in [1.29, 1.82) is 0 Å². The predicted molar refractivity (Wildman–Crippen MR) is 108 cm³/mol. The van der Waals surface area contributed by atoms with Crippen LogP contribution in [0.2, 0.25) is 0 Å². The first-order valence-corrected chi connectivity index (χ1v) is 9.99. The molecule has 1 fully saturated rings. The fraction of sp³-hybridized carbons (Fsp3) is 0.261. The fourth-order valence-electron chi connectivity index (χ4n) is 4.12. The van der Waals surface area contributed by atoms with Crippen LogP contribution in [0.5, 0.6) is 0 Å². The number of hydrogen-bond acceptors (Lipinski definition) is 3. The van der Waals surface area contributed by atoms with Crippen molar-refractivity contribution in [3.63, 3.8) is 0 Å². The van der Waals surface area contributed by atoms with Gasteiger partial charge in [0.25, 0.3) is 0 Å². The van der Waals surface area contributed by atoms with Gasteiger partial charge in [-0.25, -0.2) is 9.67 Å². The summed E-state index contributed by atoms with van der Waals surface area (Å²) in [6.45, 7) is 0. The molecule has 152 valence electrons. The Morgan fingerprint density at radius 3 is 2.50 bits per heavy atom.